The molecule has 0 unspecified atom stereocenters. The predicted octanol–water partition coefficient (Wildman–Crippen LogP) is 6.25. The van der Waals surface area contributed by atoms with Gasteiger partial charge in [-0.3, -0.25) is 0 Å². The normalized spacial score (nSPS) is 11.7. The molecule has 3 heteroatoms. The van der Waals surface area contributed by atoms with E-state index >= 15 is 0 Å². The molecule has 0 bridgehead atoms. The van der Waals surface area contributed by atoms with Gasteiger partial charge in [-0.1, -0.05) is 56.6 Å². The second-order valence-corrected chi connectivity index (χ2v) is 7.37. The fraction of sp³-hybridized carbons (Fsp3) is 0.286. The Morgan fingerprint density at radius 2 is 1.71 bits per heavy atom. The van der Waals surface area contributed by atoms with E-state index in [1.54, 1.807) is 0 Å². The number of aromatic nitrogens is 1. The molecule has 3 rings (SSSR count). The molecule has 0 aliphatic heterocycles. The summed E-state index contributed by atoms with van der Waals surface area (Å²) in [4.78, 5) is 4.72. The molecular weight excluding hydrogens is 318 g/mol. The van der Waals surface area contributed by atoms with Crippen molar-refractivity contribution in [2.75, 3.05) is 6.61 Å². The van der Waals surface area contributed by atoms with Crippen LogP contribution in [0.2, 0.25) is 5.02 Å². The summed E-state index contributed by atoms with van der Waals surface area (Å²) in [6, 6.07) is 16.4. The van der Waals surface area contributed by atoms with Crippen LogP contribution in [0.5, 0.6) is 5.88 Å². The maximum absolute atomic E-state index is 6.16. The van der Waals surface area contributed by atoms with E-state index in [0.29, 0.717) is 17.5 Å². The number of benzene rings is 2. The average molecular weight is 340 g/mol. The molecule has 124 valence electrons. The summed E-state index contributed by atoms with van der Waals surface area (Å²) in [5.41, 5.74) is 3.42. The van der Waals surface area contributed by atoms with Gasteiger partial charge in [0.05, 0.1) is 12.3 Å². The highest BCUT2D eigenvalue weighted by molar-refractivity contribution is 6.31. The number of hydrogen-bond donors (Lipinski definition) is 0. The van der Waals surface area contributed by atoms with Gasteiger partial charge in [-0.2, -0.15) is 0 Å². The second kappa shape index (κ2) is 6.45. The molecule has 3 aromatic rings. The third kappa shape index (κ3) is 3.39. The van der Waals surface area contributed by atoms with Crippen LogP contribution in [-0.2, 0) is 5.41 Å². The molecule has 0 atom stereocenters. The van der Waals surface area contributed by atoms with Crippen molar-refractivity contribution in [2.45, 2.75) is 33.1 Å². The summed E-state index contributed by atoms with van der Waals surface area (Å²) in [5.74, 6) is 0.654. The highest BCUT2D eigenvalue weighted by Crippen LogP contribution is 2.32. The lowest BCUT2D eigenvalue weighted by Gasteiger charge is -2.19. The van der Waals surface area contributed by atoms with E-state index in [-0.39, 0.29) is 5.41 Å². The van der Waals surface area contributed by atoms with Crippen molar-refractivity contribution in [3.63, 3.8) is 0 Å². The Kier molecular flexibility index (Phi) is 4.51. The highest BCUT2D eigenvalue weighted by atomic mass is 35.5. The van der Waals surface area contributed by atoms with Crippen molar-refractivity contribution in [2.24, 2.45) is 0 Å². The Bertz CT molecular complexity index is 863. The molecule has 0 spiro atoms. The summed E-state index contributed by atoms with van der Waals surface area (Å²) in [5, 5.41) is 2.73. The number of halogens is 1. The zero-order valence-corrected chi connectivity index (χ0v) is 15.3. The number of fused-ring (bicyclic) bond motifs is 1. The summed E-state index contributed by atoms with van der Waals surface area (Å²) >= 11 is 6.16. The minimum Gasteiger partial charge on any atom is -0.478 e. The van der Waals surface area contributed by atoms with E-state index in [1.807, 2.05) is 25.1 Å². The largest absolute Gasteiger partial charge is 0.478 e. The molecule has 0 saturated carbocycles. The third-order valence-electron chi connectivity index (χ3n) is 4.09. The Morgan fingerprint density at radius 3 is 2.33 bits per heavy atom. The number of pyridine rings is 1. The van der Waals surface area contributed by atoms with Crippen molar-refractivity contribution in [1.82, 2.24) is 4.98 Å². The Balaban J connectivity index is 2.12. The molecule has 0 N–H and O–H groups in total. The lowest BCUT2D eigenvalue weighted by molar-refractivity contribution is 0.332. The molecule has 0 fully saturated rings. The van der Waals surface area contributed by atoms with Crippen LogP contribution in [0.4, 0.5) is 0 Å². The van der Waals surface area contributed by atoms with E-state index in [1.165, 1.54) is 5.56 Å². The van der Waals surface area contributed by atoms with Crippen LogP contribution in [0.25, 0.3) is 22.0 Å². The van der Waals surface area contributed by atoms with E-state index in [4.69, 9.17) is 21.3 Å². The zero-order valence-electron chi connectivity index (χ0n) is 14.6. The van der Waals surface area contributed by atoms with Crippen LogP contribution in [-0.4, -0.2) is 11.6 Å². The van der Waals surface area contributed by atoms with E-state index in [9.17, 15) is 0 Å². The second-order valence-electron chi connectivity index (χ2n) is 6.94. The van der Waals surface area contributed by atoms with Gasteiger partial charge in [-0.15, -0.1) is 0 Å². The van der Waals surface area contributed by atoms with Gasteiger partial charge in [0, 0.05) is 16.0 Å². The molecule has 0 aliphatic carbocycles. The highest BCUT2D eigenvalue weighted by Gasteiger charge is 2.14. The molecular formula is C21H22ClNO. The van der Waals surface area contributed by atoms with E-state index in [2.05, 4.69) is 51.1 Å². The topological polar surface area (TPSA) is 22.1 Å². The SMILES string of the molecule is CCOc1nc(-c2ccc(C(C)(C)C)cc2)cc2cc(Cl)ccc12. The van der Waals surface area contributed by atoms with Crippen LogP contribution < -0.4 is 4.74 Å². The molecule has 2 aromatic carbocycles. The van der Waals surface area contributed by atoms with Gasteiger partial charge in [0.1, 0.15) is 0 Å². The molecule has 0 amide bonds. The van der Waals surface area contributed by atoms with Crippen LogP contribution in [0.15, 0.2) is 48.5 Å². The zero-order chi connectivity index (χ0) is 17.3. The smallest absolute Gasteiger partial charge is 0.221 e. The van der Waals surface area contributed by atoms with Crippen molar-refractivity contribution >= 4 is 22.4 Å². The standard InChI is InChI=1S/C21H22ClNO/c1-5-24-20-18-11-10-17(22)12-15(18)13-19(23-20)14-6-8-16(9-7-14)21(2,3)4/h6-13H,5H2,1-4H3. The number of rotatable bonds is 3. The number of ether oxygens (including phenoxy) is 1. The minimum absolute atomic E-state index is 0.138. The van der Waals surface area contributed by atoms with Gasteiger partial charge in [-0.05, 0) is 47.6 Å². The van der Waals surface area contributed by atoms with Crippen molar-refractivity contribution < 1.29 is 4.74 Å². The first-order valence-corrected chi connectivity index (χ1v) is 8.60. The van der Waals surface area contributed by atoms with Crippen LogP contribution >= 0.6 is 11.6 Å². The summed E-state index contributed by atoms with van der Waals surface area (Å²) in [7, 11) is 0. The summed E-state index contributed by atoms with van der Waals surface area (Å²) in [6.45, 7) is 9.19. The first-order chi connectivity index (χ1) is 11.4. The Morgan fingerprint density at radius 1 is 1.00 bits per heavy atom. The molecule has 1 aromatic heterocycles. The van der Waals surface area contributed by atoms with E-state index < -0.39 is 0 Å². The lowest BCUT2D eigenvalue weighted by atomic mass is 9.86. The first kappa shape index (κ1) is 16.8. The first-order valence-electron chi connectivity index (χ1n) is 8.22. The molecule has 0 aliphatic rings. The molecule has 1 heterocycles. The molecule has 2 nitrogen and oxygen atoms in total. The Labute approximate surface area is 148 Å². The number of hydrogen-bond acceptors (Lipinski definition) is 2. The minimum atomic E-state index is 0.138. The lowest BCUT2D eigenvalue weighted by Crippen LogP contribution is -2.10. The molecule has 0 saturated heterocycles. The van der Waals surface area contributed by atoms with Crippen molar-refractivity contribution in [3.05, 3.63) is 59.1 Å². The van der Waals surface area contributed by atoms with Gasteiger partial charge in [0.2, 0.25) is 5.88 Å². The van der Waals surface area contributed by atoms with Gasteiger partial charge >= 0.3 is 0 Å². The van der Waals surface area contributed by atoms with Gasteiger partial charge in [-0.25, -0.2) is 4.98 Å². The number of nitrogens with zero attached hydrogens (tertiary/aromatic N) is 1. The van der Waals surface area contributed by atoms with Crippen molar-refractivity contribution in [1.29, 1.82) is 0 Å². The monoisotopic (exact) mass is 339 g/mol. The molecule has 0 radical (unpaired) electrons. The fourth-order valence-corrected chi connectivity index (χ4v) is 2.91. The summed E-state index contributed by atoms with van der Waals surface area (Å²) in [6.07, 6.45) is 0. The maximum Gasteiger partial charge on any atom is 0.221 e. The van der Waals surface area contributed by atoms with E-state index in [0.717, 1.165) is 22.0 Å². The van der Waals surface area contributed by atoms with Crippen molar-refractivity contribution in [3.8, 4) is 17.1 Å². The molecule has 24 heavy (non-hydrogen) atoms. The predicted molar refractivity (Wildman–Crippen MR) is 102 cm³/mol. The quantitative estimate of drug-likeness (QED) is 0.562. The Hall–Kier alpha value is -2.06. The van der Waals surface area contributed by atoms with Gasteiger partial charge < -0.3 is 4.74 Å². The van der Waals surface area contributed by atoms with Gasteiger partial charge in [0.25, 0.3) is 0 Å². The van der Waals surface area contributed by atoms with Crippen LogP contribution in [0, 0.1) is 0 Å². The third-order valence-corrected chi connectivity index (χ3v) is 4.32. The van der Waals surface area contributed by atoms with Crippen LogP contribution in [0.3, 0.4) is 0 Å². The van der Waals surface area contributed by atoms with Crippen LogP contribution in [0.1, 0.15) is 33.3 Å². The maximum atomic E-state index is 6.16. The van der Waals surface area contributed by atoms with Gasteiger partial charge in [0.15, 0.2) is 0 Å². The fourth-order valence-electron chi connectivity index (χ4n) is 2.73. The average Bonchev–Trinajstić information content (AvgIpc) is 2.54. The summed E-state index contributed by atoms with van der Waals surface area (Å²) < 4.78 is 5.74.